The summed E-state index contributed by atoms with van der Waals surface area (Å²) in [6.45, 7) is 5.52. The van der Waals surface area contributed by atoms with Crippen LogP contribution in [0.5, 0.6) is 5.75 Å². The second-order valence-corrected chi connectivity index (χ2v) is 10.3. The van der Waals surface area contributed by atoms with Crippen LogP contribution in [0.4, 0.5) is 0 Å². The Morgan fingerprint density at radius 1 is 1.00 bits per heavy atom. The number of benzene rings is 2. The lowest BCUT2D eigenvalue weighted by Gasteiger charge is -2.09. The highest BCUT2D eigenvalue weighted by Crippen LogP contribution is 2.32. The van der Waals surface area contributed by atoms with Crippen LogP contribution in [0, 0.1) is 29.6 Å². The first-order chi connectivity index (χ1) is 19.2. The van der Waals surface area contributed by atoms with Gasteiger partial charge < -0.3 is 14.2 Å². The highest BCUT2D eigenvalue weighted by molar-refractivity contribution is 9.10. The second-order valence-electron chi connectivity index (χ2n) is 8.35. The number of halogens is 1. The quantitative estimate of drug-likeness (QED) is 0.138. The molecule has 2 aromatic carbocycles. The van der Waals surface area contributed by atoms with Crippen molar-refractivity contribution in [2.45, 2.75) is 33.8 Å². The molecule has 204 valence electrons. The van der Waals surface area contributed by atoms with E-state index in [-0.39, 0.29) is 42.3 Å². The number of carbonyl (C=O) groups is 3. The van der Waals surface area contributed by atoms with Crippen molar-refractivity contribution in [3.8, 4) is 17.9 Å². The fourth-order valence-corrected chi connectivity index (χ4v) is 5.40. The molecular weight excluding hydrogens is 596 g/mol. The minimum Gasteiger partial charge on any atom is -0.488 e. The maximum absolute atomic E-state index is 13.1. The molecule has 0 bridgehead atoms. The van der Waals surface area contributed by atoms with Crippen molar-refractivity contribution in [2.75, 3.05) is 13.2 Å². The van der Waals surface area contributed by atoms with E-state index in [1.165, 1.54) is 6.08 Å². The Morgan fingerprint density at radius 3 is 2.27 bits per heavy atom. The van der Waals surface area contributed by atoms with Gasteiger partial charge in [-0.1, -0.05) is 18.2 Å². The summed E-state index contributed by atoms with van der Waals surface area (Å²) in [5, 5.41) is 18.7. The number of ketones is 1. The van der Waals surface area contributed by atoms with Crippen molar-refractivity contribution in [3.63, 3.8) is 0 Å². The normalized spacial score (nSPS) is 10.8. The summed E-state index contributed by atoms with van der Waals surface area (Å²) < 4.78 is 16.7. The summed E-state index contributed by atoms with van der Waals surface area (Å²) in [5.41, 5.74) is 2.46. The van der Waals surface area contributed by atoms with E-state index in [0.717, 1.165) is 16.9 Å². The first kappa shape index (κ1) is 30.3. The fourth-order valence-electron chi connectivity index (χ4n) is 3.70. The molecular formula is C30H25BrN2O6S. The molecule has 10 heteroatoms. The SMILES string of the molecule is CCOC(=O)c1sc(CC(=O)/C(C#N)=C/c2ccc(OCc3ccc(C#N)cc3)c(Br)c2)c(C(=O)OCC)c1C. The number of ether oxygens (including phenoxy) is 3. The van der Waals surface area contributed by atoms with Crippen LogP contribution >= 0.6 is 27.3 Å². The first-order valence-electron chi connectivity index (χ1n) is 12.2. The van der Waals surface area contributed by atoms with E-state index in [1.54, 1.807) is 51.1 Å². The van der Waals surface area contributed by atoms with Gasteiger partial charge in [0.2, 0.25) is 0 Å². The van der Waals surface area contributed by atoms with E-state index in [9.17, 15) is 19.6 Å². The molecule has 3 rings (SSSR count). The number of Topliss-reactive ketones (excluding diaryl/α,β-unsaturated/α-hetero) is 1. The summed E-state index contributed by atoms with van der Waals surface area (Å²) in [7, 11) is 0. The highest BCUT2D eigenvalue weighted by Gasteiger charge is 2.28. The molecule has 0 saturated carbocycles. The number of allylic oxidation sites excluding steroid dienone is 1. The molecule has 1 heterocycles. The number of rotatable bonds is 11. The van der Waals surface area contributed by atoms with Gasteiger partial charge in [0.15, 0.2) is 5.78 Å². The summed E-state index contributed by atoms with van der Waals surface area (Å²) in [6, 6.07) is 16.2. The van der Waals surface area contributed by atoms with Crippen LogP contribution in [-0.2, 0) is 27.3 Å². The van der Waals surface area contributed by atoms with Crippen molar-refractivity contribution >= 4 is 51.1 Å². The average molecular weight is 622 g/mol. The molecule has 0 amide bonds. The Kier molecular flexibility index (Phi) is 10.8. The van der Waals surface area contributed by atoms with Crippen molar-refractivity contribution in [1.29, 1.82) is 10.5 Å². The van der Waals surface area contributed by atoms with Gasteiger partial charge in [0.25, 0.3) is 0 Å². The molecule has 0 N–H and O–H groups in total. The predicted octanol–water partition coefficient (Wildman–Crippen LogP) is 6.34. The standard InChI is InChI=1S/C30H25BrN2O6S/c1-4-37-29(35)27-18(3)28(30(36)38-5-2)40-26(27)14-24(34)22(16-33)12-21-10-11-25(23(31)13-21)39-17-20-8-6-19(15-32)7-9-20/h6-13H,4-5,14,17H2,1-3H3/b22-12+. The largest absolute Gasteiger partial charge is 0.488 e. The summed E-state index contributed by atoms with van der Waals surface area (Å²) in [6.07, 6.45) is 1.19. The van der Waals surface area contributed by atoms with E-state index < -0.39 is 17.7 Å². The van der Waals surface area contributed by atoms with Crippen LogP contribution in [0.1, 0.15) is 61.0 Å². The number of esters is 2. The third-order valence-corrected chi connectivity index (χ3v) is 7.54. The number of nitrogens with zero attached hydrogens (tertiary/aromatic N) is 2. The molecule has 0 radical (unpaired) electrons. The van der Waals surface area contributed by atoms with Gasteiger partial charge in [-0.2, -0.15) is 10.5 Å². The van der Waals surface area contributed by atoms with E-state index >= 15 is 0 Å². The van der Waals surface area contributed by atoms with E-state index in [4.69, 9.17) is 19.5 Å². The van der Waals surface area contributed by atoms with Gasteiger partial charge in [-0.05, 0) is 83.7 Å². The van der Waals surface area contributed by atoms with Crippen LogP contribution in [-0.4, -0.2) is 30.9 Å². The highest BCUT2D eigenvalue weighted by atomic mass is 79.9. The number of thiophene rings is 1. The smallest absolute Gasteiger partial charge is 0.348 e. The molecule has 0 saturated heterocycles. The zero-order valence-electron chi connectivity index (χ0n) is 22.1. The molecule has 0 spiro atoms. The number of hydrogen-bond donors (Lipinski definition) is 0. The Bertz CT molecular complexity index is 1540. The zero-order chi connectivity index (χ0) is 29.2. The van der Waals surface area contributed by atoms with Crippen LogP contribution in [0.3, 0.4) is 0 Å². The minimum absolute atomic E-state index is 0.114. The number of hydrogen-bond acceptors (Lipinski definition) is 9. The van der Waals surface area contributed by atoms with Gasteiger partial charge in [0.05, 0.1) is 40.5 Å². The Morgan fingerprint density at radius 2 is 1.68 bits per heavy atom. The molecule has 8 nitrogen and oxygen atoms in total. The molecule has 0 unspecified atom stereocenters. The summed E-state index contributed by atoms with van der Waals surface area (Å²) in [4.78, 5) is 38.7. The predicted molar refractivity (Wildman–Crippen MR) is 153 cm³/mol. The van der Waals surface area contributed by atoms with Gasteiger partial charge >= 0.3 is 11.9 Å². The molecule has 3 aromatic rings. The number of carbonyl (C=O) groups excluding carboxylic acids is 3. The van der Waals surface area contributed by atoms with Gasteiger partial charge in [-0.3, -0.25) is 4.79 Å². The van der Waals surface area contributed by atoms with Crippen molar-refractivity contribution in [2.24, 2.45) is 0 Å². The van der Waals surface area contributed by atoms with Crippen LogP contribution in [0.25, 0.3) is 6.08 Å². The fraction of sp³-hybridized carbons (Fsp3) is 0.233. The van der Waals surface area contributed by atoms with Crippen molar-refractivity contribution < 1.29 is 28.6 Å². The van der Waals surface area contributed by atoms with E-state index in [0.29, 0.717) is 31.8 Å². The van der Waals surface area contributed by atoms with Crippen LogP contribution in [0.15, 0.2) is 52.5 Å². The minimum atomic E-state index is -0.641. The molecule has 1 aromatic heterocycles. The maximum Gasteiger partial charge on any atom is 0.348 e. The molecule has 0 aliphatic heterocycles. The second kappa shape index (κ2) is 14.2. The van der Waals surface area contributed by atoms with E-state index in [2.05, 4.69) is 22.0 Å². The Hall–Kier alpha value is -4.25. The summed E-state index contributed by atoms with van der Waals surface area (Å²) >= 11 is 4.45. The third-order valence-electron chi connectivity index (χ3n) is 5.65. The van der Waals surface area contributed by atoms with Crippen LogP contribution in [0.2, 0.25) is 0 Å². The van der Waals surface area contributed by atoms with Gasteiger partial charge in [-0.25, -0.2) is 9.59 Å². The average Bonchev–Trinajstić information content (AvgIpc) is 3.27. The van der Waals surface area contributed by atoms with Crippen LogP contribution < -0.4 is 4.74 Å². The molecule has 40 heavy (non-hydrogen) atoms. The monoisotopic (exact) mass is 620 g/mol. The first-order valence-corrected chi connectivity index (χ1v) is 13.9. The number of nitriles is 2. The van der Waals surface area contributed by atoms with E-state index in [1.807, 2.05) is 18.2 Å². The zero-order valence-corrected chi connectivity index (χ0v) is 24.5. The molecule has 0 aliphatic carbocycles. The van der Waals surface area contributed by atoms with Crippen molar-refractivity contribution in [3.05, 3.63) is 90.1 Å². The van der Waals surface area contributed by atoms with Gasteiger partial charge in [0.1, 0.15) is 23.3 Å². The van der Waals surface area contributed by atoms with Gasteiger partial charge in [-0.15, -0.1) is 11.3 Å². The Balaban J connectivity index is 1.81. The Labute approximate surface area is 244 Å². The lowest BCUT2D eigenvalue weighted by Crippen LogP contribution is -2.12. The third kappa shape index (κ3) is 7.44. The molecule has 0 aliphatic rings. The lowest BCUT2D eigenvalue weighted by molar-refractivity contribution is -0.114. The maximum atomic E-state index is 13.1. The summed E-state index contributed by atoms with van der Waals surface area (Å²) in [5.74, 6) is -1.18. The lowest BCUT2D eigenvalue weighted by atomic mass is 10.0. The molecule has 0 fully saturated rings. The van der Waals surface area contributed by atoms with Gasteiger partial charge in [0, 0.05) is 11.3 Å². The van der Waals surface area contributed by atoms with Crippen molar-refractivity contribution in [1.82, 2.24) is 0 Å². The topological polar surface area (TPSA) is 126 Å². The molecule has 0 atom stereocenters.